The van der Waals surface area contributed by atoms with Gasteiger partial charge in [-0.2, -0.15) is 15.0 Å². The van der Waals surface area contributed by atoms with Crippen LogP contribution in [0.2, 0.25) is 0 Å². The lowest BCUT2D eigenvalue weighted by Gasteiger charge is -2.29. The molecule has 0 spiro atoms. The molecule has 1 amide bonds. The zero-order valence-electron chi connectivity index (χ0n) is 20.9. The fourth-order valence-corrected chi connectivity index (χ4v) is 4.61. The van der Waals surface area contributed by atoms with Crippen molar-refractivity contribution in [1.82, 2.24) is 30.2 Å². The second kappa shape index (κ2) is 10.8. The fourth-order valence-electron chi connectivity index (χ4n) is 4.61. The van der Waals surface area contributed by atoms with Gasteiger partial charge in [0.1, 0.15) is 11.6 Å². The first-order valence-electron chi connectivity index (χ1n) is 12.5. The molecule has 0 saturated carbocycles. The third kappa shape index (κ3) is 5.31. The SMILES string of the molecule is CCOc1ccc2ccccc2c1CN(CCC(=O)N1CCNCC1)c1ncc2c(N)nc(N)nc2n1. The first kappa shape index (κ1) is 24.4. The highest BCUT2D eigenvalue weighted by atomic mass is 16.5. The number of nitrogens with zero attached hydrogens (tertiary/aromatic N) is 6. The van der Waals surface area contributed by atoms with Crippen molar-refractivity contribution < 1.29 is 9.53 Å². The number of fused-ring (bicyclic) bond motifs is 2. The summed E-state index contributed by atoms with van der Waals surface area (Å²) in [7, 11) is 0. The van der Waals surface area contributed by atoms with Gasteiger partial charge >= 0.3 is 0 Å². The Morgan fingerprint density at radius 1 is 1.08 bits per heavy atom. The van der Waals surface area contributed by atoms with Gasteiger partial charge in [-0.3, -0.25) is 4.79 Å². The number of nitrogen functional groups attached to an aromatic ring is 2. The van der Waals surface area contributed by atoms with E-state index < -0.39 is 0 Å². The standard InChI is InChI=1S/C26H31N9O2/c1-2-37-21-8-7-17-5-3-4-6-18(17)20(21)16-35(12-9-22(36)34-13-10-29-11-14-34)26-30-15-19-23(27)31-25(28)32-24(19)33-26/h3-8,15,29H,2,9-14,16H2,1H3,(H4,27,28,30,31,32,33). The minimum absolute atomic E-state index is 0.0442. The van der Waals surface area contributed by atoms with Crippen molar-refractivity contribution in [3.63, 3.8) is 0 Å². The molecule has 1 fully saturated rings. The molecule has 0 radical (unpaired) electrons. The summed E-state index contributed by atoms with van der Waals surface area (Å²) in [4.78, 5) is 34.4. The predicted octanol–water partition coefficient (Wildman–Crippen LogP) is 1.96. The molecule has 37 heavy (non-hydrogen) atoms. The summed E-state index contributed by atoms with van der Waals surface area (Å²) in [5.74, 6) is 1.58. The largest absolute Gasteiger partial charge is 0.494 e. The Hall–Kier alpha value is -4.25. The summed E-state index contributed by atoms with van der Waals surface area (Å²) in [6, 6.07) is 12.2. The van der Waals surface area contributed by atoms with Crippen LogP contribution in [0.1, 0.15) is 18.9 Å². The molecule has 5 rings (SSSR count). The van der Waals surface area contributed by atoms with Crippen LogP contribution in [-0.2, 0) is 11.3 Å². The maximum absolute atomic E-state index is 13.0. The summed E-state index contributed by atoms with van der Waals surface area (Å²) in [5, 5.41) is 5.98. The Morgan fingerprint density at radius 3 is 2.70 bits per heavy atom. The van der Waals surface area contributed by atoms with Crippen LogP contribution in [0.4, 0.5) is 17.7 Å². The number of hydrogen-bond acceptors (Lipinski definition) is 10. The molecule has 0 bridgehead atoms. The number of rotatable bonds is 8. The third-order valence-electron chi connectivity index (χ3n) is 6.48. The van der Waals surface area contributed by atoms with Crippen molar-refractivity contribution >= 4 is 45.4 Å². The van der Waals surface area contributed by atoms with Crippen LogP contribution < -0.4 is 26.4 Å². The lowest BCUT2D eigenvalue weighted by atomic mass is 10.0. The summed E-state index contributed by atoms with van der Waals surface area (Å²) in [6.45, 7) is 6.38. The number of aromatic nitrogens is 4. The molecule has 2 aromatic heterocycles. The van der Waals surface area contributed by atoms with Crippen LogP contribution in [-0.4, -0.2) is 70.1 Å². The number of hydrogen-bond donors (Lipinski definition) is 3. The molecular weight excluding hydrogens is 470 g/mol. The summed E-state index contributed by atoms with van der Waals surface area (Å²) in [5.41, 5.74) is 13.2. The molecule has 1 aliphatic rings. The highest BCUT2D eigenvalue weighted by Crippen LogP contribution is 2.31. The van der Waals surface area contributed by atoms with E-state index in [0.717, 1.165) is 35.2 Å². The van der Waals surface area contributed by atoms with Crippen molar-refractivity contribution in [2.45, 2.75) is 19.9 Å². The van der Waals surface area contributed by atoms with Crippen LogP contribution in [0, 0.1) is 0 Å². The number of benzene rings is 2. The van der Waals surface area contributed by atoms with E-state index >= 15 is 0 Å². The van der Waals surface area contributed by atoms with E-state index in [1.807, 2.05) is 34.9 Å². The molecule has 2 aromatic carbocycles. The van der Waals surface area contributed by atoms with E-state index in [1.165, 1.54) is 0 Å². The maximum atomic E-state index is 13.0. The van der Waals surface area contributed by atoms with Gasteiger partial charge in [0.05, 0.1) is 18.5 Å². The van der Waals surface area contributed by atoms with Gasteiger partial charge in [0.15, 0.2) is 5.65 Å². The number of piperazine rings is 1. The van der Waals surface area contributed by atoms with Gasteiger partial charge in [-0.1, -0.05) is 30.3 Å². The molecule has 5 N–H and O–H groups in total. The number of nitrogens with two attached hydrogens (primary N) is 2. The van der Waals surface area contributed by atoms with E-state index in [2.05, 4.69) is 43.5 Å². The molecule has 192 valence electrons. The van der Waals surface area contributed by atoms with Crippen LogP contribution in [0.25, 0.3) is 21.8 Å². The highest BCUT2D eigenvalue weighted by Gasteiger charge is 2.21. The molecular formula is C26H31N9O2. The van der Waals surface area contributed by atoms with E-state index in [0.29, 0.717) is 56.2 Å². The van der Waals surface area contributed by atoms with Gasteiger partial charge in [0.2, 0.25) is 17.8 Å². The minimum Gasteiger partial charge on any atom is -0.494 e. The van der Waals surface area contributed by atoms with E-state index in [1.54, 1.807) is 6.20 Å². The summed E-state index contributed by atoms with van der Waals surface area (Å²) in [6.07, 6.45) is 1.92. The van der Waals surface area contributed by atoms with Gasteiger partial charge in [0, 0.05) is 50.9 Å². The molecule has 4 aromatic rings. The Morgan fingerprint density at radius 2 is 1.89 bits per heavy atom. The third-order valence-corrected chi connectivity index (χ3v) is 6.48. The molecule has 0 atom stereocenters. The number of nitrogens with one attached hydrogen (secondary N) is 1. The normalized spacial score (nSPS) is 13.7. The molecule has 0 aliphatic carbocycles. The number of anilines is 3. The van der Waals surface area contributed by atoms with Gasteiger partial charge in [-0.05, 0) is 23.8 Å². The second-order valence-electron chi connectivity index (χ2n) is 8.87. The molecule has 1 saturated heterocycles. The van der Waals surface area contributed by atoms with Crippen LogP contribution in [0.15, 0.2) is 42.6 Å². The van der Waals surface area contributed by atoms with Crippen molar-refractivity contribution in [3.05, 3.63) is 48.2 Å². The molecule has 11 heteroatoms. The molecule has 0 unspecified atom stereocenters. The molecule has 1 aliphatic heterocycles. The van der Waals surface area contributed by atoms with Gasteiger partial charge in [0.25, 0.3) is 0 Å². The van der Waals surface area contributed by atoms with E-state index in [4.69, 9.17) is 16.2 Å². The lowest BCUT2D eigenvalue weighted by molar-refractivity contribution is -0.131. The van der Waals surface area contributed by atoms with Gasteiger partial charge < -0.3 is 31.3 Å². The first-order chi connectivity index (χ1) is 18.0. The average Bonchev–Trinajstić information content (AvgIpc) is 2.92. The fraction of sp³-hybridized carbons (Fsp3) is 0.346. The number of carbonyl (C=O) groups is 1. The van der Waals surface area contributed by atoms with E-state index in [-0.39, 0.29) is 17.7 Å². The minimum atomic E-state index is 0.0442. The Balaban J connectivity index is 1.52. The van der Waals surface area contributed by atoms with Gasteiger partial charge in [-0.25, -0.2) is 4.98 Å². The monoisotopic (exact) mass is 501 g/mol. The van der Waals surface area contributed by atoms with Crippen molar-refractivity contribution in [2.75, 3.05) is 55.7 Å². The molecule has 3 heterocycles. The average molecular weight is 502 g/mol. The molecule has 11 nitrogen and oxygen atoms in total. The number of carbonyl (C=O) groups excluding carboxylic acids is 1. The smallest absolute Gasteiger partial charge is 0.227 e. The van der Waals surface area contributed by atoms with E-state index in [9.17, 15) is 4.79 Å². The predicted molar refractivity (Wildman–Crippen MR) is 144 cm³/mol. The summed E-state index contributed by atoms with van der Waals surface area (Å²) < 4.78 is 6.00. The quantitative estimate of drug-likeness (QED) is 0.327. The zero-order chi connectivity index (χ0) is 25.8. The van der Waals surface area contributed by atoms with Crippen LogP contribution >= 0.6 is 0 Å². The van der Waals surface area contributed by atoms with Crippen molar-refractivity contribution in [2.24, 2.45) is 0 Å². The summed E-state index contributed by atoms with van der Waals surface area (Å²) >= 11 is 0. The van der Waals surface area contributed by atoms with Crippen LogP contribution in [0.5, 0.6) is 5.75 Å². The lowest BCUT2D eigenvalue weighted by Crippen LogP contribution is -2.47. The zero-order valence-corrected chi connectivity index (χ0v) is 20.9. The Bertz CT molecular complexity index is 1420. The first-order valence-corrected chi connectivity index (χ1v) is 12.5. The van der Waals surface area contributed by atoms with Crippen molar-refractivity contribution in [1.29, 1.82) is 0 Å². The topological polar surface area (TPSA) is 148 Å². The number of ether oxygens (including phenoxy) is 1. The second-order valence-corrected chi connectivity index (χ2v) is 8.87. The van der Waals surface area contributed by atoms with Crippen molar-refractivity contribution in [3.8, 4) is 5.75 Å². The van der Waals surface area contributed by atoms with Gasteiger partial charge in [-0.15, -0.1) is 0 Å². The maximum Gasteiger partial charge on any atom is 0.227 e. The van der Waals surface area contributed by atoms with Crippen LogP contribution in [0.3, 0.4) is 0 Å². The number of amides is 1. The Kier molecular flexibility index (Phi) is 7.13. The Labute approximate surface area is 214 Å². The highest BCUT2D eigenvalue weighted by molar-refractivity contribution is 5.88.